The number of rotatable bonds is 3. The molecule has 1 saturated carbocycles. The second-order valence-electron chi connectivity index (χ2n) is 5.77. The number of nitrogens with two attached hydrogens (primary N) is 1. The van der Waals surface area contributed by atoms with E-state index < -0.39 is 0 Å². The lowest BCUT2D eigenvalue weighted by atomic mass is 9.84. The Morgan fingerprint density at radius 1 is 1.35 bits per heavy atom. The molecule has 20 heavy (non-hydrogen) atoms. The third kappa shape index (κ3) is 2.33. The molecule has 1 atom stereocenters. The van der Waals surface area contributed by atoms with Crippen molar-refractivity contribution >= 4 is 11.0 Å². The van der Waals surface area contributed by atoms with E-state index in [1.807, 2.05) is 0 Å². The first-order valence-electron chi connectivity index (χ1n) is 7.62. The number of aromatic nitrogens is 2. The van der Waals surface area contributed by atoms with Gasteiger partial charge in [0.1, 0.15) is 11.6 Å². The van der Waals surface area contributed by atoms with Crippen molar-refractivity contribution in [1.29, 1.82) is 0 Å². The van der Waals surface area contributed by atoms with Gasteiger partial charge in [-0.15, -0.1) is 0 Å². The van der Waals surface area contributed by atoms with Crippen LogP contribution in [0.4, 0.5) is 4.39 Å². The van der Waals surface area contributed by atoms with Crippen LogP contribution in [0.25, 0.3) is 11.0 Å². The van der Waals surface area contributed by atoms with Crippen molar-refractivity contribution in [2.24, 2.45) is 11.7 Å². The fraction of sp³-hybridized carbons (Fsp3) is 0.562. The van der Waals surface area contributed by atoms with Crippen molar-refractivity contribution in [2.45, 2.75) is 51.6 Å². The highest BCUT2D eigenvalue weighted by Crippen LogP contribution is 2.33. The summed E-state index contributed by atoms with van der Waals surface area (Å²) in [5, 5.41) is 0. The van der Waals surface area contributed by atoms with E-state index in [-0.39, 0.29) is 11.9 Å². The fourth-order valence-corrected chi connectivity index (χ4v) is 3.41. The van der Waals surface area contributed by atoms with Crippen LogP contribution in [0.1, 0.15) is 50.9 Å². The molecule has 4 heteroatoms. The second kappa shape index (κ2) is 5.52. The van der Waals surface area contributed by atoms with Crippen LogP contribution in [0.5, 0.6) is 0 Å². The average molecular weight is 275 g/mol. The molecule has 0 bridgehead atoms. The normalized spacial score (nSPS) is 18.6. The van der Waals surface area contributed by atoms with Gasteiger partial charge in [-0.05, 0) is 37.8 Å². The van der Waals surface area contributed by atoms with Crippen LogP contribution in [0.3, 0.4) is 0 Å². The first-order valence-corrected chi connectivity index (χ1v) is 7.62. The molecule has 1 aliphatic carbocycles. The lowest BCUT2D eigenvalue weighted by Gasteiger charge is -2.27. The predicted molar refractivity (Wildman–Crippen MR) is 78.9 cm³/mol. The molecule has 3 nitrogen and oxygen atoms in total. The molecule has 2 N–H and O–H groups in total. The van der Waals surface area contributed by atoms with Gasteiger partial charge in [-0.2, -0.15) is 0 Å². The fourth-order valence-electron chi connectivity index (χ4n) is 3.41. The average Bonchev–Trinajstić information content (AvgIpc) is 2.84. The number of fused-ring (bicyclic) bond motifs is 1. The highest BCUT2D eigenvalue weighted by molar-refractivity contribution is 5.76. The van der Waals surface area contributed by atoms with Crippen molar-refractivity contribution in [3.05, 3.63) is 29.8 Å². The first-order chi connectivity index (χ1) is 9.70. The second-order valence-corrected chi connectivity index (χ2v) is 5.77. The number of hydrogen-bond donors (Lipinski definition) is 1. The molecule has 0 aliphatic heterocycles. The van der Waals surface area contributed by atoms with E-state index in [0.717, 1.165) is 17.9 Å². The third-order valence-corrected chi connectivity index (χ3v) is 4.51. The summed E-state index contributed by atoms with van der Waals surface area (Å²) in [7, 11) is 0. The Hall–Kier alpha value is -1.42. The molecular formula is C16H22FN3. The molecule has 0 amide bonds. The topological polar surface area (TPSA) is 43.8 Å². The van der Waals surface area contributed by atoms with Crippen LogP contribution in [0.15, 0.2) is 18.2 Å². The third-order valence-electron chi connectivity index (χ3n) is 4.51. The minimum atomic E-state index is -0.240. The largest absolute Gasteiger partial charge is 0.327 e. The number of imidazole rings is 1. The van der Waals surface area contributed by atoms with Crippen molar-refractivity contribution < 1.29 is 4.39 Å². The summed E-state index contributed by atoms with van der Waals surface area (Å²) in [4.78, 5) is 4.62. The zero-order valence-corrected chi connectivity index (χ0v) is 12.0. The molecule has 3 rings (SSSR count). The first kappa shape index (κ1) is 13.6. The number of aryl methyl sites for hydroxylation is 1. The molecule has 0 spiro atoms. The van der Waals surface area contributed by atoms with Gasteiger partial charge in [0.15, 0.2) is 0 Å². The summed E-state index contributed by atoms with van der Waals surface area (Å²) in [6.07, 6.45) is 6.21. The van der Waals surface area contributed by atoms with Gasteiger partial charge >= 0.3 is 0 Å². The molecule has 1 aliphatic rings. The van der Waals surface area contributed by atoms with E-state index in [0.29, 0.717) is 11.4 Å². The summed E-state index contributed by atoms with van der Waals surface area (Å²) in [6, 6.07) is 4.76. The van der Waals surface area contributed by atoms with Crippen LogP contribution in [-0.2, 0) is 6.54 Å². The molecule has 1 aromatic heterocycles. The summed E-state index contributed by atoms with van der Waals surface area (Å²) in [5.74, 6) is 1.19. The van der Waals surface area contributed by atoms with E-state index in [2.05, 4.69) is 16.5 Å². The SMILES string of the molecule is CCn1c(C(N)C2CCCCC2)nc2cc(F)ccc21. The Kier molecular flexibility index (Phi) is 3.74. The van der Waals surface area contributed by atoms with Crippen molar-refractivity contribution in [2.75, 3.05) is 0 Å². The van der Waals surface area contributed by atoms with E-state index in [4.69, 9.17) is 5.73 Å². The Bertz CT molecular complexity index is 599. The van der Waals surface area contributed by atoms with Crippen molar-refractivity contribution in [1.82, 2.24) is 9.55 Å². The Morgan fingerprint density at radius 3 is 2.80 bits per heavy atom. The van der Waals surface area contributed by atoms with Gasteiger partial charge in [0.25, 0.3) is 0 Å². The monoisotopic (exact) mass is 275 g/mol. The number of halogens is 1. The van der Waals surface area contributed by atoms with Gasteiger partial charge in [-0.3, -0.25) is 0 Å². The predicted octanol–water partition coefficient (Wildman–Crippen LogP) is 3.78. The summed E-state index contributed by atoms with van der Waals surface area (Å²) < 4.78 is 15.5. The van der Waals surface area contributed by atoms with Gasteiger partial charge < -0.3 is 10.3 Å². The minimum absolute atomic E-state index is 0.0364. The highest BCUT2D eigenvalue weighted by Gasteiger charge is 2.26. The van der Waals surface area contributed by atoms with Crippen LogP contribution in [-0.4, -0.2) is 9.55 Å². The number of benzene rings is 1. The minimum Gasteiger partial charge on any atom is -0.327 e. The molecule has 1 fully saturated rings. The van der Waals surface area contributed by atoms with Crippen LogP contribution in [0.2, 0.25) is 0 Å². The van der Waals surface area contributed by atoms with E-state index >= 15 is 0 Å². The van der Waals surface area contributed by atoms with Gasteiger partial charge in [-0.1, -0.05) is 19.3 Å². The Morgan fingerprint density at radius 2 is 2.10 bits per heavy atom. The lowest BCUT2D eigenvalue weighted by molar-refractivity contribution is 0.297. The van der Waals surface area contributed by atoms with Crippen LogP contribution >= 0.6 is 0 Å². The van der Waals surface area contributed by atoms with Gasteiger partial charge in [-0.25, -0.2) is 9.37 Å². The maximum absolute atomic E-state index is 13.4. The zero-order chi connectivity index (χ0) is 14.1. The van der Waals surface area contributed by atoms with Crippen molar-refractivity contribution in [3.8, 4) is 0 Å². The van der Waals surface area contributed by atoms with Crippen LogP contribution < -0.4 is 5.73 Å². The molecule has 2 aromatic rings. The molecule has 1 aromatic carbocycles. The van der Waals surface area contributed by atoms with E-state index in [9.17, 15) is 4.39 Å². The summed E-state index contributed by atoms with van der Waals surface area (Å²) in [5.41, 5.74) is 8.17. The van der Waals surface area contributed by atoms with Crippen molar-refractivity contribution in [3.63, 3.8) is 0 Å². The molecule has 0 saturated heterocycles. The van der Waals surface area contributed by atoms with Gasteiger partial charge in [0, 0.05) is 12.6 Å². The van der Waals surface area contributed by atoms with Gasteiger partial charge in [0.2, 0.25) is 0 Å². The quantitative estimate of drug-likeness (QED) is 0.926. The summed E-state index contributed by atoms with van der Waals surface area (Å²) in [6.45, 7) is 2.90. The van der Waals surface area contributed by atoms with E-state index in [1.165, 1.54) is 44.2 Å². The van der Waals surface area contributed by atoms with Gasteiger partial charge in [0.05, 0.1) is 17.1 Å². The molecule has 108 valence electrons. The molecule has 1 unspecified atom stereocenters. The smallest absolute Gasteiger partial charge is 0.127 e. The number of hydrogen-bond acceptors (Lipinski definition) is 2. The maximum atomic E-state index is 13.4. The molecule has 0 radical (unpaired) electrons. The lowest BCUT2D eigenvalue weighted by Crippen LogP contribution is -2.26. The molecule has 1 heterocycles. The number of nitrogens with zero attached hydrogens (tertiary/aromatic N) is 2. The maximum Gasteiger partial charge on any atom is 0.127 e. The Balaban J connectivity index is 2.01. The standard InChI is InChI=1S/C16H22FN3/c1-2-20-14-9-8-12(17)10-13(14)19-16(20)15(18)11-6-4-3-5-7-11/h8-11,15H,2-7,18H2,1H3. The zero-order valence-electron chi connectivity index (χ0n) is 12.0. The van der Waals surface area contributed by atoms with E-state index in [1.54, 1.807) is 6.07 Å². The Labute approximate surface area is 119 Å². The molecular weight excluding hydrogens is 253 g/mol. The highest BCUT2D eigenvalue weighted by atomic mass is 19.1. The summed E-state index contributed by atoms with van der Waals surface area (Å²) >= 11 is 0. The van der Waals surface area contributed by atoms with Crippen LogP contribution in [0, 0.1) is 11.7 Å².